The Balaban J connectivity index is 2.33. The molecule has 0 bridgehead atoms. The number of aryl methyl sites for hydroxylation is 1. The van der Waals surface area contributed by atoms with Crippen LogP contribution in [-0.4, -0.2) is 17.6 Å². The van der Waals surface area contributed by atoms with Gasteiger partial charge in [0.1, 0.15) is 0 Å². The molecule has 0 fully saturated rings. The highest BCUT2D eigenvalue weighted by atomic mass is 32.1. The summed E-state index contributed by atoms with van der Waals surface area (Å²) in [5.41, 5.74) is 1.26. The van der Waals surface area contributed by atoms with Crippen LogP contribution in [0.1, 0.15) is 54.0 Å². The number of carbonyl (C=O) groups excluding carboxylic acids is 1. The zero-order valence-corrected chi connectivity index (χ0v) is 10.8. The maximum Gasteiger partial charge on any atom is 0.367 e. The third-order valence-electron chi connectivity index (χ3n) is 2.98. The molecule has 2 rings (SSSR count). The normalized spacial score (nSPS) is 17.9. The molecule has 1 aliphatic rings. The van der Waals surface area contributed by atoms with E-state index in [1.54, 1.807) is 0 Å². The van der Waals surface area contributed by atoms with Gasteiger partial charge in [-0.15, -0.1) is 11.3 Å². The van der Waals surface area contributed by atoms with Gasteiger partial charge in [0.15, 0.2) is 0 Å². The first kappa shape index (κ1) is 11.6. The van der Waals surface area contributed by atoms with Crippen LogP contribution in [0.3, 0.4) is 0 Å². The highest BCUT2D eigenvalue weighted by Gasteiger charge is 2.32. The van der Waals surface area contributed by atoms with Crippen molar-refractivity contribution in [1.82, 2.24) is 4.98 Å². The molecule has 0 atom stereocenters. The Hall–Kier alpha value is -0.900. The third-order valence-corrected chi connectivity index (χ3v) is 4.42. The molecule has 4 heteroatoms. The predicted molar refractivity (Wildman–Crippen MR) is 64.0 cm³/mol. The molecule has 3 nitrogen and oxygen atoms in total. The number of hydrogen-bond acceptors (Lipinski definition) is 4. The van der Waals surface area contributed by atoms with E-state index in [0.29, 0.717) is 11.6 Å². The van der Waals surface area contributed by atoms with Gasteiger partial charge in [0.2, 0.25) is 5.01 Å². The van der Waals surface area contributed by atoms with E-state index in [1.807, 2.05) is 6.92 Å². The van der Waals surface area contributed by atoms with Crippen LogP contribution in [0.15, 0.2) is 0 Å². The van der Waals surface area contributed by atoms with E-state index in [-0.39, 0.29) is 11.4 Å². The second-order valence-electron chi connectivity index (χ2n) is 4.75. The van der Waals surface area contributed by atoms with Crippen LogP contribution in [0.2, 0.25) is 0 Å². The van der Waals surface area contributed by atoms with Crippen molar-refractivity contribution in [3.63, 3.8) is 0 Å². The number of thiazole rings is 1. The molecule has 0 saturated heterocycles. The Morgan fingerprint density at radius 2 is 2.31 bits per heavy atom. The predicted octanol–water partition coefficient (Wildman–Crippen LogP) is 2.93. The molecule has 0 unspecified atom stereocenters. The number of fused-ring (bicyclic) bond motifs is 1. The molecule has 1 aliphatic carbocycles. The minimum atomic E-state index is -0.280. The summed E-state index contributed by atoms with van der Waals surface area (Å²) in [6, 6.07) is 0. The zero-order valence-electron chi connectivity index (χ0n) is 10.0. The molecule has 0 aromatic carbocycles. The Morgan fingerprint density at radius 1 is 1.56 bits per heavy atom. The summed E-state index contributed by atoms with van der Waals surface area (Å²) in [7, 11) is 0. The van der Waals surface area contributed by atoms with Crippen molar-refractivity contribution in [2.75, 3.05) is 6.61 Å². The average molecular weight is 239 g/mol. The van der Waals surface area contributed by atoms with Gasteiger partial charge >= 0.3 is 5.97 Å². The van der Waals surface area contributed by atoms with Crippen molar-refractivity contribution in [3.8, 4) is 0 Å². The van der Waals surface area contributed by atoms with Crippen LogP contribution < -0.4 is 0 Å². The van der Waals surface area contributed by atoms with Crippen LogP contribution in [-0.2, 0) is 16.6 Å². The van der Waals surface area contributed by atoms with Crippen molar-refractivity contribution < 1.29 is 9.53 Å². The van der Waals surface area contributed by atoms with Gasteiger partial charge in [-0.2, -0.15) is 0 Å². The molecule has 88 valence electrons. The summed E-state index contributed by atoms with van der Waals surface area (Å²) < 4.78 is 4.98. The number of aromatic nitrogens is 1. The lowest BCUT2D eigenvalue weighted by molar-refractivity contribution is 0.0525. The smallest absolute Gasteiger partial charge is 0.367 e. The molecule has 0 amide bonds. The molecular weight excluding hydrogens is 222 g/mol. The van der Waals surface area contributed by atoms with E-state index >= 15 is 0 Å². The van der Waals surface area contributed by atoms with Crippen LogP contribution >= 0.6 is 11.3 Å². The average Bonchev–Trinajstić information content (AvgIpc) is 2.63. The quantitative estimate of drug-likeness (QED) is 0.745. The Morgan fingerprint density at radius 3 is 2.94 bits per heavy atom. The van der Waals surface area contributed by atoms with Gasteiger partial charge in [-0.25, -0.2) is 9.78 Å². The van der Waals surface area contributed by atoms with Gasteiger partial charge in [-0.1, -0.05) is 13.8 Å². The number of esters is 1. The fourth-order valence-electron chi connectivity index (χ4n) is 2.14. The molecule has 0 N–H and O–H groups in total. The van der Waals surface area contributed by atoms with E-state index in [4.69, 9.17) is 4.74 Å². The summed E-state index contributed by atoms with van der Waals surface area (Å²) in [5, 5.41) is 0.516. The van der Waals surface area contributed by atoms with E-state index in [2.05, 4.69) is 18.8 Å². The maximum absolute atomic E-state index is 11.6. The number of nitrogens with zero attached hydrogens (tertiary/aromatic N) is 1. The van der Waals surface area contributed by atoms with Crippen LogP contribution in [0.25, 0.3) is 0 Å². The van der Waals surface area contributed by atoms with Crippen LogP contribution in [0, 0.1) is 0 Å². The first-order valence-corrected chi connectivity index (χ1v) is 6.53. The summed E-state index contributed by atoms with van der Waals surface area (Å²) in [4.78, 5) is 17.3. The molecule has 16 heavy (non-hydrogen) atoms. The Kier molecular flexibility index (Phi) is 3.02. The lowest BCUT2D eigenvalue weighted by Crippen LogP contribution is -2.21. The molecule has 0 radical (unpaired) electrons. The van der Waals surface area contributed by atoms with Crippen LogP contribution in [0.4, 0.5) is 0 Å². The first-order chi connectivity index (χ1) is 7.54. The van der Waals surface area contributed by atoms with E-state index in [1.165, 1.54) is 22.6 Å². The topological polar surface area (TPSA) is 39.2 Å². The monoisotopic (exact) mass is 239 g/mol. The summed E-state index contributed by atoms with van der Waals surface area (Å²) in [6.45, 7) is 6.66. The Labute approximate surface area is 99.8 Å². The first-order valence-electron chi connectivity index (χ1n) is 5.72. The fourth-order valence-corrected chi connectivity index (χ4v) is 3.28. The number of hydrogen-bond donors (Lipinski definition) is 0. The SMILES string of the molecule is CCOC(=O)c1nc2c(s1)C(C)(C)CCC2. The number of rotatable bonds is 2. The minimum Gasteiger partial charge on any atom is -0.461 e. The van der Waals surface area contributed by atoms with Gasteiger partial charge in [0.25, 0.3) is 0 Å². The van der Waals surface area contributed by atoms with Crippen molar-refractivity contribution >= 4 is 17.3 Å². The lowest BCUT2D eigenvalue weighted by Gasteiger charge is -2.28. The molecule has 1 aromatic rings. The van der Waals surface area contributed by atoms with Crippen LogP contribution in [0.5, 0.6) is 0 Å². The van der Waals surface area contributed by atoms with E-state index < -0.39 is 0 Å². The summed E-state index contributed by atoms with van der Waals surface area (Å²) >= 11 is 1.50. The van der Waals surface area contributed by atoms with Gasteiger partial charge in [-0.3, -0.25) is 0 Å². The standard InChI is InChI=1S/C12H17NO2S/c1-4-15-11(14)10-13-8-6-5-7-12(2,3)9(8)16-10/h4-7H2,1-3H3. The third kappa shape index (κ3) is 1.98. The van der Waals surface area contributed by atoms with E-state index in [9.17, 15) is 4.79 Å². The van der Waals surface area contributed by atoms with Gasteiger partial charge in [0.05, 0.1) is 12.3 Å². The molecule has 0 saturated carbocycles. The van der Waals surface area contributed by atoms with Gasteiger partial charge in [-0.05, 0) is 26.2 Å². The zero-order chi connectivity index (χ0) is 11.8. The molecular formula is C12H17NO2S. The fraction of sp³-hybridized carbons (Fsp3) is 0.667. The lowest BCUT2D eigenvalue weighted by atomic mass is 9.80. The van der Waals surface area contributed by atoms with Gasteiger partial charge in [0, 0.05) is 10.3 Å². The Bertz CT molecular complexity index is 409. The molecule has 0 aliphatic heterocycles. The van der Waals surface area contributed by atoms with Crippen molar-refractivity contribution in [2.24, 2.45) is 0 Å². The molecule has 1 heterocycles. The van der Waals surface area contributed by atoms with Crippen molar-refractivity contribution in [2.45, 2.75) is 45.4 Å². The van der Waals surface area contributed by atoms with E-state index in [0.717, 1.165) is 18.5 Å². The minimum absolute atomic E-state index is 0.163. The second-order valence-corrected chi connectivity index (χ2v) is 5.75. The van der Waals surface area contributed by atoms with Gasteiger partial charge < -0.3 is 4.74 Å². The summed E-state index contributed by atoms with van der Waals surface area (Å²) in [6.07, 6.45) is 3.32. The van der Waals surface area contributed by atoms with Crippen molar-refractivity contribution in [1.29, 1.82) is 0 Å². The largest absolute Gasteiger partial charge is 0.461 e. The molecule has 1 aromatic heterocycles. The van der Waals surface area contributed by atoms with Crippen molar-refractivity contribution in [3.05, 3.63) is 15.6 Å². The highest BCUT2D eigenvalue weighted by molar-refractivity contribution is 7.13. The maximum atomic E-state index is 11.6. The second kappa shape index (κ2) is 4.17. The number of carbonyl (C=O) groups is 1. The highest BCUT2D eigenvalue weighted by Crippen LogP contribution is 2.40. The molecule has 0 spiro atoms. The number of ether oxygens (including phenoxy) is 1. The summed E-state index contributed by atoms with van der Waals surface area (Å²) in [5.74, 6) is -0.280.